The number of carbonyl (C=O) groups is 2. The number of methoxy groups -OCH3 is 1. The molecule has 1 heterocycles. The lowest BCUT2D eigenvalue weighted by Gasteiger charge is -2.32. The minimum atomic E-state index is -0.808. The third-order valence-electron chi connectivity index (χ3n) is 8.19. The Bertz CT molecular complexity index is 1450. The van der Waals surface area contributed by atoms with Gasteiger partial charge in [0.25, 0.3) is 0 Å². The van der Waals surface area contributed by atoms with Gasteiger partial charge in [0.2, 0.25) is 0 Å². The van der Waals surface area contributed by atoms with E-state index in [0.29, 0.717) is 22.9 Å². The molecule has 2 N–H and O–H groups in total. The van der Waals surface area contributed by atoms with Crippen LogP contribution in [-0.4, -0.2) is 56.1 Å². The molecular formula is C32H34BNO7. The normalized spacial score (nSPS) is 17.1. The van der Waals surface area contributed by atoms with Crippen molar-refractivity contribution in [1.29, 1.82) is 0 Å². The van der Waals surface area contributed by atoms with Crippen molar-refractivity contribution in [3.05, 3.63) is 88.4 Å². The number of fused-ring (bicyclic) bond motifs is 3. The van der Waals surface area contributed by atoms with Gasteiger partial charge in [-0.15, -0.1) is 0 Å². The van der Waals surface area contributed by atoms with Crippen molar-refractivity contribution in [2.75, 3.05) is 20.3 Å². The van der Waals surface area contributed by atoms with E-state index in [0.717, 1.165) is 22.3 Å². The monoisotopic (exact) mass is 555 g/mol. The smallest absolute Gasteiger partial charge is 0.492 e. The molecule has 1 aliphatic carbocycles. The number of phenols is 1. The van der Waals surface area contributed by atoms with E-state index in [-0.39, 0.29) is 30.6 Å². The Labute approximate surface area is 240 Å². The molecule has 0 spiro atoms. The van der Waals surface area contributed by atoms with Crippen LogP contribution >= 0.6 is 0 Å². The second kappa shape index (κ2) is 11.1. The zero-order valence-electron chi connectivity index (χ0n) is 23.9. The highest BCUT2D eigenvalue weighted by molar-refractivity contribution is 6.56. The molecule has 3 aromatic rings. The van der Waals surface area contributed by atoms with Crippen LogP contribution in [0.4, 0.5) is 4.79 Å². The second-order valence-electron chi connectivity index (χ2n) is 11.3. The maximum absolute atomic E-state index is 13.0. The number of amides is 1. The maximum atomic E-state index is 13.0. The molecule has 8 nitrogen and oxygen atoms in total. The highest BCUT2D eigenvalue weighted by Crippen LogP contribution is 2.44. The Morgan fingerprint density at radius 3 is 2.12 bits per heavy atom. The Morgan fingerprint density at radius 2 is 1.56 bits per heavy atom. The van der Waals surface area contributed by atoms with Crippen molar-refractivity contribution >= 4 is 25.6 Å². The van der Waals surface area contributed by atoms with Gasteiger partial charge in [0.15, 0.2) is 17.8 Å². The lowest BCUT2D eigenvalue weighted by Crippen LogP contribution is -2.41. The largest absolute Gasteiger partial charge is 0.504 e. The summed E-state index contributed by atoms with van der Waals surface area (Å²) in [6.45, 7) is 7.92. The van der Waals surface area contributed by atoms with Crippen molar-refractivity contribution in [2.45, 2.75) is 44.8 Å². The van der Waals surface area contributed by atoms with Gasteiger partial charge in [0.1, 0.15) is 6.61 Å². The summed E-state index contributed by atoms with van der Waals surface area (Å²) in [7, 11) is 0.602. The predicted octanol–water partition coefficient (Wildman–Crippen LogP) is 5.77. The van der Waals surface area contributed by atoms with E-state index in [1.165, 1.54) is 19.2 Å². The van der Waals surface area contributed by atoms with E-state index in [9.17, 15) is 14.7 Å². The first-order valence-electron chi connectivity index (χ1n) is 13.6. The zero-order valence-corrected chi connectivity index (χ0v) is 23.9. The van der Waals surface area contributed by atoms with Gasteiger partial charge in [-0.25, -0.2) is 4.79 Å². The summed E-state index contributed by atoms with van der Waals surface area (Å²) in [5.41, 5.74) is 4.57. The van der Waals surface area contributed by atoms with Crippen LogP contribution in [0, 0.1) is 0 Å². The lowest BCUT2D eigenvalue weighted by molar-refractivity contribution is 0.00578. The van der Waals surface area contributed by atoms with E-state index < -0.39 is 24.4 Å². The number of aldehydes is 1. The molecule has 0 atom stereocenters. The number of rotatable bonds is 8. The molecule has 0 bridgehead atoms. The first-order chi connectivity index (χ1) is 19.5. The number of hydrogen-bond donors (Lipinski definition) is 2. The van der Waals surface area contributed by atoms with Gasteiger partial charge < -0.3 is 29.2 Å². The molecule has 41 heavy (non-hydrogen) atoms. The molecule has 5 rings (SSSR count). The second-order valence-corrected chi connectivity index (χ2v) is 11.3. The molecule has 1 aliphatic heterocycles. The minimum absolute atomic E-state index is 0.0264. The van der Waals surface area contributed by atoms with Crippen molar-refractivity contribution in [2.24, 2.45) is 0 Å². The summed E-state index contributed by atoms with van der Waals surface area (Å²) in [4.78, 5) is 24.8. The van der Waals surface area contributed by atoms with E-state index in [1.54, 1.807) is 6.08 Å². The van der Waals surface area contributed by atoms with Crippen molar-refractivity contribution in [1.82, 2.24) is 5.32 Å². The standard InChI is InChI=1S/C32H34BNO7/c1-31(2)32(3,4)41-33(40-31)22(14-20-15-28(36)29(38-5)16-21(20)18-35)17-34-30(37)39-19-27-25-12-8-6-10-23(25)24-11-7-9-13-26(24)27/h6-16,18,27,36H,17,19H2,1-5H3,(H,34,37). The number of nitrogens with one attached hydrogen (secondary N) is 1. The third kappa shape index (κ3) is 5.47. The molecule has 0 saturated carbocycles. The summed E-state index contributed by atoms with van der Waals surface area (Å²) < 4.78 is 23.3. The summed E-state index contributed by atoms with van der Waals surface area (Å²) in [6, 6.07) is 19.2. The lowest BCUT2D eigenvalue weighted by atomic mass is 9.76. The molecule has 1 fully saturated rings. The van der Waals surface area contributed by atoms with E-state index in [4.69, 9.17) is 18.8 Å². The first-order valence-corrected chi connectivity index (χ1v) is 13.6. The fourth-order valence-electron chi connectivity index (χ4n) is 5.21. The van der Waals surface area contributed by atoms with Gasteiger partial charge in [-0.2, -0.15) is 0 Å². The van der Waals surface area contributed by atoms with Gasteiger partial charge >= 0.3 is 13.2 Å². The van der Waals surface area contributed by atoms with Gasteiger partial charge in [-0.05, 0) is 73.1 Å². The number of carbonyl (C=O) groups excluding carboxylic acids is 2. The Hall–Kier alpha value is -4.08. The summed E-state index contributed by atoms with van der Waals surface area (Å²) in [6.07, 6.45) is 1.76. The quantitative estimate of drug-likeness (QED) is 0.269. The molecule has 2 aliphatic rings. The van der Waals surface area contributed by atoms with Crippen molar-refractivity contribution < 1.29 is 33.5 Å². The molecule has 0 aromatic heterocycles. The molecule has 0 radical (unpaired) electrons. The Kier molecular flexibility index (Phi) is 7.68. The number of hydrogen-bond acceptors (Lipinski definition) is 7. The van der Waals surface area contributed by atoms with E-state index >= 15 is 0 Å². The molecule has 9 heteroatoms. The summed E-state index contributed by atoms with van der Waals surface area (Å²) in [5.74, 6) is -0.0102. The van der Waals surface area contributed by atoms with Crippen molar-refractivity contribution in [3.8, 4) is 22.6 Å². The predicted molar refractivity (Wildman–Crippen MR) is 157 cm³/mol. The van der Waals surface area contributed by atoms with Crippen LogP contribution in [0.25, 0.3) is 17.2 Å². The number of alkyl carbamates (subject to hydrolysis) is 1. The average molecular weight is 555 g/mol. The third-order valence-corrected chi connectivity index (χ3v) is 8.19. The summed E-state index contributed by atoms with van der Waals surface area (Å²) >= 11 is 0. The fraction of sp³-hybridized carbons (Fsp3) is 0.312. The highest BCUT2D eigenvalue weighted by Gasteiger charge is 2.52. The number of aromatic hydroxyl groups is 1. The van der Waals surface area contributed by atoms with Gasteiger partial charge in [-0.3, -0.25) is 4.79 Å². The van der Waals surface area contributed by atoms with Crippen LogP contribution in [0.5, 0.6) is 11.5 Å². The SMILES string of the molecule is COc1cc(C=O)c(C=C(CNC(=O)OCC2c3ccccc3-c3ccccc32)B2OC(C)(C)C(C)(C)O2)cc1O. The van der Waals surface area contributed by atoms with Crippen LogP contribution in [0.2, 0.25) is 0 Å². The van der Waals surface area contributed by atoms with Crippen LogP contribution < -0.4 is 10.1 Å². The molecular weight excluding hydrogens is 521 g/mol. The minimum Gasteiger partial charge on any atom is -0.504 e. The number of benzene rings is 3. The van der Waals surface area contributed by atoms with Gasteiger partial charge in [-0.1, -0.05) is 54.6 Å². The fourth-order valence-corrected chi connectivity index (χ4v) is 5.21. The molecule has 1 amide bonds. The van der Waals surface area contributed by atoms with Gasteiger partial charge in [0, 0.05) is 18.0 Å². The van der Waals surface area contributed by atoms with Gasteiger partial charge in [0.05, 0.1) is 18.3 Å². The zero-order chi connectivity index (χ0) is 29.4. The van der Waals surface area contributed by atoms with Crippen LogP contribution in [0.3, 0.4) is 0 Å². The summed E-state index contributed by atoms with van der Waals surface area (Å²) in [5, 5.41) is 13.2. The van der Waals surface area contributed by atoms with E-state index in [1.807, 2.05) is 52.0 Å². The molecule has 0 unspecified atom stereocenters. The Morgan fingerprint density at radius 1 is 0.976 bits per heavy atom. The molecule has 1 saturated heterocycles. The Balaban J connectivity index is 1.35. The average Bonchev–Trinajstić information content (AvgIpc) is 3.38. The van der Waals surface area contributed by atoms with Crippen LogP contribution in [-0.2, 0) is 14.0 Å². The topological polar surface area (TPSA) is 103 Å². The number of phenolic OH excluding ortho intramolecular Hbond substituents is 1. The highest BCUT2D eigenvalue weighted by atomic mass is 16.7. The number of ether oxygens (including phenoxy) is 2. The first kappa shape index (κ1) is 28.5. The van der Waals surface area contributed by atoms with Crippen LogP contribution in [0.1, 0.15) is 60.7 Å². The maximum Gasteiger partial charge on any atom is 0.492 e. The molecule has 3 aromatic carbocycles. The van der Waals surface area contributed by atoms with Crippen LogP contribution in [0.15, 0.2) is 66.1 Å². The van der Waals surface area contributed by atoms with E-state index in [2.05, 4.69) is 29.6 Å². The molecule has 212 valence electrons. The van der Waals surface area contributed by atoms with Crippen molar-refractivity contribution in [3.63, 3.8) is 0 Å².